The fourth-order valence-electron chi connectivity index (χ4n) is 2.73. The Bertz CT molecular complexity index is 668. The molecule has 1 aliphatic carbocycles. The van der Waals surface area contributed by atoms with E-state index >= 15 is 0 Å². The first-order valence-electron chi connectivity index (χ1n) is 6.69. The van der Waals surface area contributed by atoms with E-state index in [2.05, 4.69) is 27.8 Å². The summed E-state index contributed by atoms with van der Waals surface area (Å²) in [6, 6.07) is 6.07. The van der Waals surface area contributed by atoms with Crippen LogP contribution in [0.5, 0.6) is 5.75 Å². The molecule has 1 heterocycles. The highest BCUT2D eigenvalue weighted by Gasteiger charge is 2.13. The molecule has 3 nitrogen and oxygen atoms in total. The number of aromatic amines is 1. The molecule has 4 heteroatoms. The van der Waals surface area contributed by atoms with E-state index in [1.54, 1.807) is 7.11 Å². The molecule has 100 valence electrons. The van der Waals surface area contributed by atoms with Crippen LogP contribution in [0.15, 0.2) is 30.4 Å². The molecule has 0 bridgehead atoms. The van der Waals surface area contributed by atoms with Crippen molar-refractivity contribution in [1.29, 1.82) is 0 Å². The lowest BCUT2D eigenvalue weighted by Gasteiger charge is -2.18. The van der Waals surface area contributed by atoms with E-state index in [0.29, 0.717) is 5.92 Å². The first-order valence-corrected chi connectivity index (χ1v) is 7.10. The van der Waals surface area contributed by atoms with Crippen LogP contribution >= 0.6 is 12.2 Å². The van der Waals surface area contributed by atoms with Crippen LogP contribution in [0, 0.1) is 10.7 Å². The molecule has 1 atom stereocenters. The maximum absolute atomic E-state index is 5.45. The van der Waals surface area contributed by atoms with Gasteiger partial charge in [0.05, 0.1) is 18.1 Å². The Morgan fingerprint density at radius 2 is 2.32 bits per heavy atom. The van der Waals surface area contributed by atoms with Crippen molar-refractivity contribution in [3.63, 3.8) is 0 Å². The van der Waals surface area contributed by atoms with Crippen LogP contribution in [-0.2, 0) is 6.54 Å². The highest BCUT2D eigenvalue weighted by molar-refractivity contribution is 7.71. The first-order chi connectivity index (χ1) is 9.28. The minimum absolute atomic E-state index is 0.692. The Morgan fingerprint density at radius 1 is 1.42 bits per heavy atom. The Morgan fingerprint density at radius 3 is 3.05 bits per heavy atom. The van der Waals surface area contributed by atoms with Gasteiger partial charge in [-0.05, 0) is 49.5 Å². The molecule has 1 aromatic heterocycles. The number of hydrogen-bond donors (Lipinski definition) is 1. The topological polar surface area (TPSA) is 29.9 Å². The van der Waals surface area contributed by atoms with Gasteiger partial charge in [-0.25, -0.2) is 0 Å². The van der Waals surface area contributed by atoms with Gasteiger partial charge in [-0.3, -0.25) is 0 Å². The molecule has 0 saturated carbocycles. The molecule has 0 saturated heterocycles. The largest absolute Gasteiger partial charge is 0.497 e. The number of H-pyrrole nitrogens is 1. The van der Waals surface area contributed by atoms with E-state index in [9.17, 15) is 0 Å². The number of hydrogen-bond acceptors (Lipinski definition) is 2. The second-order valence-corrected chi connectivity index (χ2v) is 5.46. The van der Waals surface area contributed by atoms with Crippen molar-refractivity contribution in [2.45, 2.75) is 25.8 Å². The Hall–Kier alpha value is -1.55. The van der Waals surface area contributed by atoms with Crippen molar-refractivity contribution >= 4 is 23.3 Å². The van der Waals surface area contributed by atoms with Gasteiger partial charge in [0.15, 0.2) is 4.77 Å². The molecule has 3 rings (SSSR count). The predicted molar refractivity (Wildman–Crippen MR) is 80.2 cm³/mol. The van der Waals surface area contributed by atoms with Crippen molar-refractivity contribution in [2.24, 2.45) is 5.92 Å². The molecule has 1 unspecified atom stereocenters. The number of nitrogens with zero attached hydrogens (tertiary/aromatic N) is 1. The van der Waals surface area contributed by atoms with Crippen molar-refractivity contribution < 1.29 is 4.74 Å². The summed E-state index contributed by atoms with van der Waals surface area (Å²) in [5.41, 5.74) is 2.22. The zero-order chi connectivity index (χ0) is 13.2. The third kappa shape index (κ3) is 2.45. The van der Waals surface area contributed by atoms with Crippen LogP contribution < -0.4 is 4.74 Å². The van der Waals surface area contributed by atoms with E-state index < -0.39 is 0 Å². The Balaban J connectivity index is 1.96. The first kappa shape index (κ1) is 12.5. The minimum atomic E-state index is 0.692. The molecule has 0 spiro atoms. The van der Waals surface area contributed by atoms with Crippen LogP contribution in [0.3, 0.4) is 0 Å². The van der Waals surface area contributed by atoms with Gasteiger partial charge in [0.2, 0.25) is 0 Å². The van der Waals surface area contributed by atoms with Gasteiger partial charge in [0.1, 0.15) is 5.75 Å². The fraction of sp³-hybridized carbons (Fsp3) is 0.400. The van der Waals surface area contributed by atoms with Gasteiger partial charge in [-0.1, -0.05) is 12.2 Å². The van der Waals surface area contributed by atoms with Crippen LogP contribution in [0.1, 0.15) is 19.3 Å². The molecule has 0 fully saturated rings. The van der Waals surface area contributed by atoms with Crippen LogP contribution in [0.2, 0.25) is 0 Å². The Labute approximate surface area is 117 Å². The summed E-state index contributed by atoms with van der Waals surface area (Å²) in [4.78, 5) is 3.27. The molecular weight excluding hydrogens is 256 g/mol. The number of aromatic nitrogens is 2. The number of ether oxygens (including phenoxy) is 1. The van der Waals surface area contributed by atoms with Gasteiger partial charge < -0.3 is 14.3 Å². The van der Waals surface area contributed by atoms with E-state index in [1.165, 1.54) is 18.4 Å². The number of benzene rings is 1. The van der Waals surface area contributed by atoms with Crippen LogP contribution in [-0.4, -0.2) is 16.7 Å². The average molecular weight is 274 g/mol. The average Bonchev–Trinajstić information content (AvgIpc) is 2.75. The number of rotatable bonds is 3. The van der Waals surface area contributed by atoms with Gasteiger partial charge in [0.25, 0.3) is 0 Å². The summed E-state index contributed by atoms with van der Waals surface area (Å²) in [5, 5.41) is 0. The molecular formula is C15H18N2OS. The second kappa shape index (κ2) is 5.21. The lowest BCUT2D eigenvalue weighted by atomic mass is 9.94. The zero-order valence-corrected chi connectivity index (χ0v) is 11.9. The molecule has 0 aliphatic heterocycles. The molecule has 0 radical (unpaired) electrons. The summed E-state index contributed by atoms with van der Waals surface area (Å²) in [7, 11) is 1.68. The highest BCUT2D eigenvalue weighted by Crippen LogP contribution is 2.25. The summed E-state index contributed by atoms with van der Waals surface area (Å²) in [5.74, 6) is 1.55. The SMILES string of the molecule is COc1ccc2c(c1)[nH]c(=S)n2CC1CC=CCC1. The van der Waals surface area contributed by atoms with E-state index in [1.807, 2.05) is 12.1 Å². The molecule has 1 aromatic carbocycles. The van der Waals surface area contributed by atoms with Gasteiger partial charge >= 0.3 is 0 Å². The van der Waals surface area contributed by atoms with Gasteiger partial charge in [-0.2, -0.15) is 0 Å². The van der Waals surface area contributed by atoms with Gasteiger partial charge in [-0.15, -0.1) is 0 Å². The van der Waals surface area contributed by atoms with E-state index in [-0.39, 0.29) is 0 Å². The minimum Gasteiger partial charge on any atom is -0.497 e. The summed E-state index contributed by atoms with van der Waals surface area (Å²) >= 11 is 5.45. The third-order valence-corrected chi connectivity index (χ3v) is 4.12. The third-order valence-electron chi connectivity index (χ3n) is 3.80. The summed E-state index contributed by atoms with van der Waals surface area (Å²) in [6.45, 7) is 0.996. The van der Waals surface area contributed by atoms with Crippen LogP contribution in [0.4, 0.5) is 0 Å². The molecule has 2 aromatic rings. The quantitative estimate of drug-likeness (QED) is 0.675. The van der Waals surface area contributed by atoms with E-state index in [0.717, 1.165) is 29.0 Å². The standard InChI is InChI=1S/C15H18N2OS/c1-18-12-7-8-14-13(9-12)16-15(19)17(14)10-11-5-3-2-4-6-11/h2-3,7-9,11H,4-6,10H2,1H3,(H,16,19). The molecule has 1 N–H and O–H groups in total. The maximum atomic E-state index is 5.45. The Kier molecular flexibility index (Phi) is 3.42. The molecule has 19 heavy (non-hydrogen) atoms. The summed E-state index contributed by atoms with van der Waals surface area (Å²) < 4.78 is 8.27. The molecule has 1 aliphatic rings. The number of imidazole rings is 1. The number of nitrogens with one attached hydrogen (secondary N) is 1. The smallest absolute Gasteiger partial charge is 0.178 e. The van der Waals surface area contributed by atoms with Gasteiger partial charge in [0, 0.05) is 12.6 Å². The number of methoxy groups -OCH3 is 1. The van der Waals surface area contributed by atoms with Crippen molar-refractivity contribution in [1.82, 2.24) is 9.55 Å². The highest BCUT2D eigenvalue weighted by atomic mass is 32.1. The fourth-order valence-corrected chi connectivity index (χ4v) is 3.01. The van der Waals surface area contributed by atoms with Crippen molar-refractivity contribution in [3.05, 3.63) is 35.1 Å². The maximum Gasteiger partial charge on any atom is 0.178 e. The second-order valence-electron chi connectivity index (χ2n) is 5.07. The predicted octanol–water partition coefficient (Wildman–Crippen LogP) is 4.06. The zero-order valence-electron chi connectivity index (χ0n) is 11.1. The lowest BCUT2D eigenvalue weighted by molar-refractivity contribution is 0.412. The molecule has 0 amide bonds. The lowest BCUT2D eigenvalue weighted by Crippen LogP contribution is -2.12. The van der Waals surface area contributed by atoms with Crippen molar-refractivity contribution in [2.75, 3.05) is 7.11 Å². The monoisotopic (exact) mass is 274 g/mol. The summed E-state index contributed by atoms with van der Waals surface area (Å²) in [6.07, 6.45) is 8.16. The van der Waals surface area contributed by atoms with E-state index in [4.69, 9.17) is 17.0 Å². The van der Waals surface area contributed by atoms with Crippen LogP contribution in [0.25, 0.3) is 11.0 Å². The normalized spacial score (nSPS) is 18.9. The number of fused-ring (bicyclic) bond motifs is 1. The van der Waals surface area contributed by atoms with Crippen molar-refractivity contribution in [3.8, 4) is 5.75 Å². The number of allylic oxidation sites excluding steroid dienone is 2.